The minimum Gasteiger partial charge on any atom is -0.365 e. The van der Waals surface area contributed by atoms with Gasteiger partial charge in [0, 0.05) is 17.4 Å². The lowest BCUT2D eigenvalue weighted by molar-refractivity contribution is 0.100. The van der Waals surface area contributed by atoms with Crippen molar-refractivity contribution in [3.63, 3.8) is 0 Å². The van der Waals surface area contributed by atoms with Gasteiger partial charge in [-0.2, -0.15) is 0 Å². The van der Waals surface area contributed by atoms with Gasteiger partial charge in [-0.05, 0) is 38.0 Å². The van der Waals surface area contributed by atoms with Crippen LogP contribution in [0.3, 0.4) is 0 Å². The summed E-state index contributed by atoms with van der Waals surface area (Å²) in [6.07, 6.45) is 2.23. The molecular formula is C18H23FN6O. The number of nitrogens with one attached hydrogen (secondary N) is 2. The SMILES string of the molecule is C=C(Nc1nc(Nc2cnc(C)c(C)c2)c(C(N)=O)cc1F)[C@@H](N)CC. The molecule has 0 radical (unpaired) electrons. The number of rotatable bonds is 7. The van der Waals surface area contributed by atoms with E-state index in [1.54, 1.807) is 6.20 Å². The van der Waals surface area contributed by atoms with E-state index in [1.165, 1.54) is 0 Å². The molecule has 6 N–H and O–H groups in total. The number of anilines is 3. The molecule has 0 aliphatic carbocycles. The number of amides is 1. The van der Waals surface area contributed by atoms with Crippen molar-refractivity contribution in [1.82, 2.24) is 9.97 Å². The first-order valence-electron chi connectivity index (χ1n) is 8.15. The van der Waals surface area contributed by atoms with Crippen molar-refractivity contribution in [2.45, 2.75) is 33.2 Å². The van der Waals surface area contributed by atoms with Crippen molar-refractivity contribution in [1.29, 1.82) is 0 Å². The van der Waals surface area contributed by atoms with Gasteiger partial charge in [-0.25, -0.2) is 9.37 Å². The lowest BCUT2D eigenvalue weighted by atomic mass is 10.2. The molecule has 2 aromatic heterocycles. The summed E-state index contributed by atoms with van der Waals surface area (Å²) in [5.74, 6) is -1.51. The second-order valence-electron chi connectivity index (χ2n) is 6.00. The zero-order chi connectivity index (χ0) is 19.4. The molecule has 0 aliphatic heterocycles. The third kappa shape index (κ3) is 4.34. The van der Waals surface area contributed by atoms with Crippen LogP contribution in [0.25, 0.3) is 0 Å². The molecule has 0 fully saturated rings. The average molecular weight is 358 g/mol. The third-order valence-electron chi connectivity index (χ3n) is 4.01. The number of nitrogens with zero attached hydrogens (tertiary/aromatic N) is 2. The first-order chi connectivity index (χ1) is 12.2. The van der Waals surface area contributed by atoms with Gasteiger partial charge in [0.2, 0.25) is 0 Å². The van der Waals surface area contributed by atoms with Crippen LogP contribution in [0.4, 0.5) is 21.7 Å². The summed E-state index contributed by atoms with van der Waals surface area (Å²) in [5, 5.41) is 5.72. The number of carbonyl (C=O) groups is 1. The summed E-state index contributed by atoms with van der Waals surface area (Å²) < 4.78 is 14.3. The van der Waals surface area contributed by atoms with Crippen LogP contribution < -0.4 is 22.1 Å². The minimum atomic E-state index is -0.800. The highest BCUT2D eigenvalue weighted by Gasteiger charge is 2.17. The standard InChI is InChI=1S/C18H23FN6O/c1-5-15(20)11(4)23-18-14(19)7-13(16(21)26)17(25-18)24-12-6-9(2)10(3)22-8-12/h6-8,15H,4-5,20H2,1-3H3,(H2,21,26)(H2,23,24,25)/t15-/m0/s1. The molecule has 2 rings (SSSR count). The van der Waals surface area contributed by atoms with E-state index < -0.39 is 11.7 Å². The summed E-state index contributed by atoms with van der Waals surface area (Å²) >= 11 is 0. The van der Waals surface area contributed by atoms with Crippen LogP contribution in [0.5, 0.6) is 0 Å². The van der Waals surface area contributed by atoms with Gasteiger partial charge in [0.15, 0.2) is 11.6 Å². The highest BCUT2D eigenvalue weighted by molar-refractivity contribution is 5.98. The van der Waals surface area contributed by atoms with Crippen molar-refractivity contribution in [3.8, 4) is 0 Å². The molecule has 0 bridgehead atoms. The van der Waals surface area contributed by atoms with Crippen LogP contribution in [-0.2, 0) is 0 Å². The first kappa shape index (κ1) is 19.3. The molecular weight excluding hydrogens is 335 g/mol. The normalized spacial score (nSPS) is 11.7. The molecule has 2 heterocycles. The molecule has 8 heteroatoms. The van der Waals surface area contributed by atoms with Gasteiger partial charge in [0.25, 0.3) is 5.91 Å². The molecule has 0 saturated heterocycles. The predicted molar refractivity (Wildman–Crippen MR) is 101 cm³/mol. The summed E-state index contributed by atoms with van der Waals surface area (Å²) in [6.45, 7) is 9.47. The fraction of sp³-hybridized carbons (Fsp3) is 0.278. The van der Waals surface area contributed by atoms with E-state index in [-0.39, 0.29) is 23.2 Å². The van der Waals surface area contributed by atoms with Crippen molar-refractivity contribution >= 4 is 23.2 Å². The van der Waals surface area contributed by atoms with Crippen molar-refractivity contribution in [2.24, 2.45) is 11.5 Å². The predicted octanol–water partition coefficient (Wildman–Crippen LogP) is 2.74. The Hall–Kier alpha value is -3.00. The number of aryl methyl sites for hydroxylation is 2. The van der Waals surface area contributed by atoms with Crippen molar-refractivity contribution < 1.29 is 9.18 Å². The van der Waals surface area contributed by atoms with Crippen LogP contribution in [0.2, 0.25) is 0 Å². The Morgan fingerprint density at radius 2 is 2.04 bits per heavy atom. The second kappa shape index (κ2) is 7.92. The Bertz CT molecular complexity index is 852. The van der Waals surface area contributed by atoms with E-state index in [0.717, 1.165) is 17.3 Å². The number of hydrogen-bond donors (Lipinski definition) is 4. The van der Waals surface area contributed by atoms with Gasteiger partial charge in [0.1, 0.15) is 5.82 Å². The average Bonchev–Trinajstić information content (AvgIpc) is 2.59. The largest absolute Gasteiger partial charge is 0.365 e. The number of carbonyl (C=O) groups excluding carboxylic acids is 1. The maximum atomic E-state index is 14.3. The molecule has 1 atom stereocenters. The van der Waals surface area contributed by atoms with E-state index >= 15 is 0 Å². The smallest absolute Gasteiger partial charge is 0.252 e. The molecule has 26 heavy (non-hydrogen) atoms. The Labute approximate surface area is 151 Å². The molecule has 0 unspecified atom stereocenters. The Kier molecular flexibility index (Phi) is 5.89. The summed E-state index contributed by atoms with van der Waals surface area (Å²) in [6, 6.07) is 2.52. The number of hydrogen-bond acceptors (Lipinski definition) is 6. The Morgan fingerprint density at radius 1 is 1.35 bits per heavy atom. The Morgan fingerprint density at radius 3 is 2.62 bits per heavy atom. The summed E-state index contributed by atoms with van der Waals surface area (Å²) in [7, 11) is 0. The van der Waals surface area contributed by atoms with Gasteiger partial charge < -0.3 is 22.1 Å². The molecule has 0 aromatic carbocycles. The van der Waals surface area contributed by atoms with Crippen LogP contribution in [0.15, 0.2) is 30.6 Å². The van der Waals surface area contributed by atoms with E-state index in [1.807, 2.05) is 26.8 Å². The third-order valence-corrected chi connectivity index (χ3v) is 4.01. The van der Waals surface area contributed by atoms with Crippen LogP contribution in [0.1, 0.15) is 35.0 Å². The summed E-state index contributed by atoms with van der Waals surface area (Å²) in [4.78, 5) is 20.1. The molecule has 1 amide bonds. The van der Waals surface area contributed by atoms with E-state index in [2.05, 4.69) is 27.2 Å². The van der Waals surface area contributed by atoms with Crippen LogP contribution in [-0.4, -0.2) is 21.9 Å². The van der Waals surface area contributed by atoms with Crippen LogP contribution in [0, 0.1) is 19.7 Å². The highest BCUT2D eigenvalue weighted by atomic mass is 19.1. The Balaban J connectivity index is 2.41. The van der Waals surface area contributed by atoms with Gasteiger partial charge in [0.05, 0.1) is 17.4 Å². The fourth-order valence-corrected chi connectivity index (χ4v) is 2.20. The van der Waals surface area contributed by atoms with Gasteiger partial charge in [-0.3, -0.25) is 9.78 Å². The highest BCUT2D eigenvalue weighted by Crippen LogP contribution is 2.25. The van der Waals surface area contributed by atoms with Gasteiger partial charge in [-0.1, -0.05) is 13.5 Å². The second-order valence-corrected chi connectivity index (χ2v) is 6.00. The number of nitrogens with two attached hydrogens (primary N) is 2. The van der Waals surface area contributed by atoms with Gasteiger partial charge in [-0.15, -0.1) is 0 Å². The molecule has 0 saturated carbocycles. The zero-order valence-electron chi connectivity index (χ0n) is 15.1. The number of halogens is 1. The lowest BCUT2D eigenvalue weighted by Crippen LogP contribution is -2.26. The zero-order valence-corrected chi connectivity index (χ0v) is 15.1. The topological polar surface area (TPSA) is 119 Å². The van der Waals surface area contributed by atoms with E-state index in [9.17, 15) is 9.18 Å². The van der Waals surface area contributed by atoms with E-state index in [0.29, 0.717) is 17.8 Å². The number of primary amides is 1. The number of aromatic nitrogens is 2. The quantitative estimate of drug-likeness (QED) is 0.604. The van der Waals surface area contributed by atoms with Crippen LogP contribution >= 0.6 is 0 Å². The fourth-order valence-electron chi connectivity index (χ4n) is 2.20. The van der Waals surface area contributed by atoms with E-state index in [4.69, 9.17) is 11.5 Å². The molecule has 138 valence electrons. The monoisotopic (exact) mass is 358 g/mol. The lowest BCUT2D eigenvalue weighted by Gasteiger charge is -2.17. The molecule has 2 aromatic rings. The minimum absolute atomic E-state index is 0.0725. The molecule has 7 nitrogen and oxygen atoms in total. The van der Waals surface area contributed by atoms with Crippen molar-refractivity contribution in [2.75, 3.05) is 10.6 Å². The first-order valence-corrected chi connectivity index (χ1v) is 8.15. The summed E-state index contributed by atoms with van der Waals surface area (Å²) in [5.41, 5.74) is 14.0. The molecule has 0 aliphatic rings. The molecule has 0 spiro atoms. The number of pyridine rings is 2. The maximum absolute atomic E-state index is 14.3. The van der Waals surface area contributed by atoms with Gasteiger partial charge >= 0.3 is 0 Å². The maximum Gasteiger partial charge on any atom is 0.252 e. The van der Waals surface area contributed by atoms with Crippen molar-refractivity contribution in [3.05, 3.63) is 53.2 Å².